The first kappa shape index (κ1) is 14.6. The van der Waals surface area contributed by atoms with Crippen LogP contribution in [0.2, 0.25) is 0 Å². The van der Waals surface area contributed by atoms with Crippen molar-refractivity contribution in [2.45, 2.75) is 48.0 Å². The molecule has 86 valence electrons. The van der Waals surface area contributed by atoms with E-state index in [-0.39, 0.29) is 22.7 Å². The lowest BCUT2D eigenvalue weighted by atomic mass is 9.69. The van der Waals surface area contributed by atoms with Crippen LogP contribution in [0.25, 0.3) is 0 Å². The highest BCUT2D eigenvalue weighted by atomic mass is 16.5. The Morgan fingerprint density at radius 2 is 1.73 bits per heavy atom. The van der Waals surface area contributed by atoms with Crippen molar-refractivity contribution in [3.63, 3.8) is 0 Å². The molecule has 0 amide bonds. The Morgan fingerprint density at radius 3 is 2.00 bits per heavy atom. The second-order valence-corrected chi connectivity index (χ2v) is 6.44. The third kappa shape index (κ3) is 5.91. The monoisotopic (exact) mass is 210 g/mol. The summed E-state index contributed by atoms with van der Waals surface area (Å²) in [4.78, 5) is 11.8. The molecule has 0 heterocycles. The lowest BCUT2D eigenvalue weighted by Gasteiger charge is -2.33. The Bertz CT molecular complexity index is 214. The molecular weight excluding hydrogens is 186 g/mol. The molecule has 0 aliphatic rings. The normalized spacial score (nSPS) is 14.5. The van der Waals surface area contributed by atoms with E-state index in [1.807, 2.05) is 7.74 Å². The first-order valence-electron chi connectivity index (χ1n) is 5.74. The van der Waals surface area contributed by atoms with E-state index >= 15 is 0 Å². The molecule has 0 aromatic heterocycles. The summed E-state index contributed by atoms with van der Waals surface area (Å²) in [6, 6.07) is 0. The van der Waals surface area contributed by atoms with Crippen molar-refractivity contribution in [2.24, 2.45) is 16.7 Å². The van der Waals surface area contributed by atoms with Gasteiger partial charge in [-0.15, -0.1) is 0 Å². The van der Waals surface area contributed by atoms with Crippen molar-refractivity contribution in [1.82, 2.24) is 0 Å². The molecule has 1 unspecified atom stereocenters. The van der Waals surface area contributed by atoms with Gasteiger partial charge in [0.1, 0.15) is 7.74 Å². The van der Waals surface area contributed by atoms with Gasteiger partial charge in [-0.25, -0.2) is 0 Å². The Morgan fingerprint density at radius 1 is 1.27 bits per heavy atom. The Hall–Kier alpha value is -0.400. The standard InChI is InChI=1S/C11H24B2O2/c1-10(2,3)7-8(11(4,5)6)9(14)15-13-12/h8,13H,7,12H2,1-6H3. The second kappa shape index (κ2) is 5.09. The van der Waals surface area contributed by atoms with E-state index in [2.05, 4.69) is 41.5 Å². The van der Waals surface area contributed by atoms with Crippen molar-refractivity contribution < 1.29 is 9.45 Å². The van der Waals surface area contributed by atoms with Crippen molar-refractivity contribution in [3.8, 4) is 0 Å². The molecule has 0 radical (unpaired) electrons. The van der Waals surface area contributed by atoms with E-state index in [1.54, 1.807) is 0 Å². The molecule has 0 aromatic rings. The molecule has 1 atom stereocenters. The SMILES string of the molecule is BBOC(=O)C(CC(C)(C)C)C(C)(C)C. The van der Waals surface area contributed by atoms with E-state index in [9.17, 15) is 4.79 Å². The van der Waals surface area contributed by atoms with Crippen LogP contribution < -0.4 is 0 Å². The maximum absolute atomic E-state index is 11.8. The van der Waals surface area contributed by atoms with E-state index < -0.39 is 0 Å². The minimum absolute atomic E-state index is 0.0163. The number of carbonyl (C=O) groups excluding carboxylic acids is 1. The molecule has 0 N–H and O–H groups in total. The molecule has 0 saturated carbocycles. The molecule has 0 bridgehead atoms. The third-order valence-electron chi connectivity index (χ3n) is 2.43. The van der Waals surface area contributed by atoms with Gasteiger partial charge >= 0.3 is 0 Å². The molecule has 0 fully saturated rings. The fraction of sp³-hybridized carbons (Fsp3) is 0.909. The lowest BCUT2D eigenvalue weighted by molar-refractivity contribution is -0.143. The maximum Gasteiger partial charge on any atom is 0.294 e. The molecular formula is C11H24B2O2. The van der Waals surface area contributed by atoms with Crippen LogP contribution in [-0.2, 0) is 9.45 Å². The average molecular weight is 210 g/mol. The molecule has 15 heavy (non-hydrogen) atoms. The molecule has 0 spiro atoms. The summed E-state index contributed by atoms with van der Waals surface area (Å²) in [5.74, 6) is -0.0719. The average Bonchev–Trinajstić information content (AvgIpc) is 1.97. The molecule has 0 aromatic carbocycles. The van der Waals surface area contributed by atoms with E-state index in [0.29, 0.717) is 7.37 Å². The Balaban J connectivity index is 4.68. The first-order valence-corrected chi connectivity index (χ1v) is 5.74. The van der Waals surface area contributed by atoms with Crippen LogP contribution in [0.5, 0.6) is 0 Å². The van der Waals surface area contributed by atoms with Crippen LogP contribution >= 0.6 is 0 Å². The number of carbonyl (C=O) groups is 1. The minimum atomic E-state index is -0.0556. The van der Waals surface area contributed by atoms with Gasteiger partial charge in [-0.3, -0.25) is 4.79 Å². The minimum Gasteiger partial charge on any atom is -0.548 e. The number of hydrogen-bond acceptors (Lipinski definition) is 2. The van der Waals surface area contributed by atoms with Gasteiger partial charge in [0.25, 0.3) is 13.3 Å². The topological polar surface area (TPSA) is 26.3 Å². The molecule has 0 aliphatic heterocycles. The van der Waals surface area contributed by atoms with Gasteiger partial charge in [0.2, 0.25) is 0 Å². The quantitative estimate of drug-likeness (QED) is 0.660. The number of rotatable bonds is 3. The van der Waals surface area contributed by atoms with Gasteiger partial charge < -0.3 is 4.65 Å². The smallest absolute Gasteiger partial charge is 0.294 e. The highest BCUT2D eigenvalue weighted by molar-refractivity contribution is 6.86. The molecule has 4 heteroatoms. The van der Waals surface area contributed by atoms with Crippen LogP contribution in [0.3, 0.4) is 0 Å². The van der Waals surface area contributed by atoms with Gasteiger partial charge in [-0.1, -0.05) is 41.5 Å². The number of hydrogen-bond donors (Lipinski definition) is 0. The second-order valence-electron chi connectivity index (χ2n) is 6.44. The predicted molar refractivity (Wildman–Crippen MR) is 68.8 cm³/mol. The zero-order valence-corrected chi connectivity index (χ0v) is 11.3. The highest BCUT2D eigenvalue weighted by Crippen LogP contribution is 2.36. The van der Waals surface area contributed by atoms with Crippen molar-refractivity contribution in [2.75, 3.05) is 0 Å². The summed E-state index contributed by atoms with van der Waals surface area (Å²) in [5, 5.41) is 0. The predicted octanol–water partition coefficient (Wildman–Crippen LogP) is 1.53. The summed E-state index contributed by atoms with van der Waals surface area (Å²) in [5.41, 5.74) is 0.129. The van der Waals surface area contributed by atoms with Gasteiger partial charge in [-0.05, 0) is 17.3 Å². The van der Waals surface area contributed by atoms with Gasteiger partial charge in [0.05, 0.1) is 5.92 Å². The summed E-state index contributed by atoms with van der Waals surface area (Å²) in [6.07, 6.45) is 0.870. The van der Waals surface area contributed by atoms with Crippen LogP contribution in [0.15, 0.2) is 0 Å². The maximum atomic E-state index is 11.8. The lowest BCUT2D eigenvalue weighted by Crippen LogP contribution is -2.34. The van der Waals surface area contributed by atoms with Crippen LogP contribution in [0, 0.1) is 16.7 Å². The van der Waals surface area contributed by atoms with Crippen LogP contribution in [-0.4, -0.2) is 21.1 Å². The van der Waals surface area contributed by atoms with E-state index in [0.717, 1.165) is 6.42 Å². The van der Waals surface area contributed by atoms with Crippen LogP contribution in [0.4, 0.5) is 0 Å². The molecule has 0 rings (SSSR count). The largest absolute Gasteiger partial charge is 0.548 e. The van der Waals surface area contributed by atoms with Crippen molar-refractivity contribution in [1.29, 1.82) is 0 Å². The summed E-state index contributed by atoms with van der Waals surface area (Å²) >= 11 is 0. The van der Waals surface area contributed by atoms with Crippen molar-refractivity contribution >= 4 is 21.1 Å². The Kier molecular flexibility index (Phi) is 4.95. The fourth-order valence-electron chi connectivity index (χ4n) is 1.60. The fourth-order valence-corrected chi connectivity index (χ4v) is 1.60. The van der Waals surface area contributed by atoms with Gasteiger partial charge in [0, 0.05) is 0 Å². The van der Waals surface area contributed by atoms with Crippen LogP contribution in [0.1, 0.15) is 48.0 Å². The zero-order chi connectivity index (χ0) is 12.3. The highest BCUT2D eigenvalue weighted by Gasteiger charge is 2.35. The summed E-state index contributed by atoms with van der Waals surface area (Å²) in [7, 11) is 2.32. The Labute approximate surface area is 95.8 Å². The molecule has 2 nitrogen and oxygen atoms in total. The van der Waals surface area contributed by atoms with Crippen molar-refractivity contribution in [3.05, 3.63) is 0 Å². The first-order chi connectivity index (χ1) is 6.58. The van der Waals surface area contributed by atoms with Gasteiger partial charge in [-0.2, -0.15) is 0 Å². The summed E-state index contributed by atoms with van der Waals surface area (Å²) < 4.78 is 5.14. The summed E-state index contributed by atoms with van der Waals surface area (Å²) in [6.45, 7) is 12.8. The third-order valence-corrected chi connectivity index (χ3v) is 2.43. The van der Waals surface area contributed by atoms with Gasteiger partial charge in [0.15, 0.2) is 0 Å². The molecule has 0 aliphatic carbocycles. The van der Waals surface area contributed by atoms with E-state index in [1.165, 1.54) is 0 Å². The van der Waals surface area contributed by atoms with E-state index in [4.69, 9.17) is 4.65 Å². The molecule has 0 saturated heterocycles. The zero-order valence-electron chi connectivity index (χ0n) is 11.3.